The monoisotopic (exact) mass is 221 g/mol. The highest BCUT2D eigenvalue weighted by Gasteiger charge is 2.06. The molecular weight excluding hydrogens is 214 g/mol. The van der Waals surface area contributed by atoms with Gasteiger partial charge in [-0.15, -0.1) is 5.92 Å². The van der Waals surface area contributed by atoms with E-state index in [1.54, 1.807) is 13.1 Å². The molecule has 0 amide bonds. The maximum atomic E-state index is 5.75. The number of hydrogen-bond acceptors (Lipinski definition) is 4. The number of nitrogens with one attached hydrogen (secondary N) is 2. The molecule has 0 aliphatic rings. The van der Waals surface area contributed by atoms with Gasteiger partial charge in [0.1, 0.15) is 5.82 Å². The van der Waals surface area contributed by atoms with Crippen molar-refractivity contribution in [3.05, 3.63) is 11.5 Å². The molecule has 0 saturated carbocycles. The summed E-state index contributed by atoms with van der Waals surface area (Å²) in [6.07, 6.45) is 1.65. The number of fused-ring (bicyclic) bond motifs is 1. The van der Waals surface area contributed by atoms with Crippen molar-refractivity contribution in [2.75, 3.05) is 11.9 Å². The molecule has 0 fully saturated rings. The first-order valence-corrected chi connectivity index (χ1v) is 4.69. The minimum atomic E-state index is 0.179. The van der Waals surface area contributed by atoms with Crippen LogP contribution >= 0.6 is 11.6 Å². The van der Waals surface area contributed by atoms with Crippen LogP contribution in [0.1, 0.15) is 6.92 Å². The summed E-state index contributed by atoms with van der Waals surface area (Å²) in [5.74, 6) is 6.30. The molecule has 2 aromatic rings. The van der Waals surface area contributed by atoms with E-state index in [0.29, 0.717) is 18.0 Å². The van der Waals surface area contributed by atoms with Gasteiger partial charge in [-0.1, -0.05) is 5.92 Å². The fraction of sp³-hybridized carbons (Fsp3) is 0.222. The Labute approximate surface area is 91.3 Å². The Balaban J connectivity index is 2.38. The van der Waals surface area contributed by atoms with Crippen molar-refractivity contribution in [3.63, 3.8) is 0 Å². The molecule has 2 aromatic heterocycles. The van der Waals surface area contributed by atoms with Crippen molar-refractivity contribution in [1.82, 2.24) is 20.2 Å². The molecule has 0 aliphatic heterocycles. The maximum absolute atomic E-state index is 5.75. The van der Waals surface area contributed by atoms with Gasteiger partial charge in [-0.05, 0) is 18.5 Å². The summed E-state index contributed by atoms with van der Waals surface area (Å²) < 4.78 is 0. The predicted octanol–water partition coefficient (Wildman–Crippen LogP) is 1.44. The highest BCUT2D eigenvalue weighted by atomic mass is 35.5. The van der Waals surface area contributed by atoms with Crippen molar-refractivity contribution in [2.45, 2.75) is 6.92 Å². The Morgan fingerprint density at radius 1 is 1.53 bits per heavy atom. The normalized spacial score (nSPS) is 9.73. The Morgan fingerprint density at radius 2 is 2.40 bits per heavy atom. The first kappa shape index (κ1) is 9.74. The minimum Gasteiger partial charge on any atom is -0.358 e. The average Bonchev–Trinajstić information content (AvgIpc) is 2.65. The maximum Gasteiger partial charge on any atom is 0.226 e. The van der Waals surface area contributed by atoms with Crippen LogP contribution in [0, 0.1) is 11.8 Å². The molecule has 0 aromatic carbocycles. The van der Waals surface area contributed by atoms with Crippen molar-refractivity contribution in [3.8, 4) is 11.8 Å². The molecule has 76 valence electrons. The molecule has 15 heavy (non-hydrogen) atoms. The van der Waals surface area contributed by atoms with Gasteiger partial charge in [0.2, 0.25) is 5.28 Å². The zero-order valence-corrected chi connectivity index (χ0v) is 8.76. The number of aromatic nitrogens is 4. The number of H-pyrrole nitrogens is 1. The van der Waals surface area contributed by atoms with E-state index in [4.69, 9.17) is 11.6 Å². The molecular formula is C9H8ClN5. The van der Waals surface area contributed by atoms with Crippen molar-refractivity contribution in [2.24, 2.45) is 0 Å². The second kappa shape index (κ2) is 4.15. The number of halogens is 1. The summed E-state index contributed by atoms with van der Waals surface area (Å²) in [7, 11) is 0. The fourth-order valence-corrected chi connectivity index (χ4v) is 1.33. The van der Waals surface area contributed by atoms with Gasteiger partial charge in [-0.25, -0.2) is 0 Å². The number of nitrogens with zero attached hydrogens (tertiary/aromatic N) is 3. The molecule has 0 aliphatic carbocycles. The van der Waals surface area contributed by atoms with Crippen LogP contribution in [0.4, 0.5) is 5.82 Å². The van der Waals surface area contributed by atoms with E-state index in [0.717, 1.165) is 5.39 Å². The van der Waals surface area contributed by atoms with Gasteiger partial charge in [0.25, 0.3) is 0 Å². The van der Waals surface area contributed by atoms with Crippen LogP contribution in [0.15, 0.2) is 6.20 Å². The lowest BCUT2D eigenvalue weighted by Gasteiger charge is -2.02. The summed E-state index contributed by atoms with van der Waals surface area (Å²) in [5.41, 5.74) is 0.613. The van der Waals surface area contributed by atoms with Crippen LogP contribution in [0.25, 0.3) is 11.0 Å². The minimum absolute atomic E-state index is 0.179. The zero-order valence-electron chi connectivity index (χ0n) is 8.00. The van der Waals surface area contributed by atoms with E-state index in [2.05, 4.69) is 37.3 Å². The highest BCUT2D eigenvalue weighted by Crippen LogP contribution is 2.19. The summed E-state index contributed by atoms with van der Waals surface area (Å²) in [6.45, 7) is 2.30. The van der Waals surface area contributed by atoms with Crippen LogP contribution < -0.4 is 5.32 Å². The van der Waals surface area contributed by atoms with Gasteiger partial charge in [-0.3, -0.25) is 5.10 Å². The molecule has 0 saturated heterocycles. The zero-order chi connectivity index (χ0) is 10.7. The van der Waals surface area contributed by atoms with E-state index in [1.165, 1.54) is 0 Å². The van der Waals surface area contributed by atoms with Crippen LogP contribution in [0.2, 0.25) is 5.28 Å². The summed E-state index contributed by atoms with van der Waals surface area (Å²) in [6, 6.07) is 0. The van der Waals surface area contributed by atoms with Crippen molar-refractivity contribution in [1.29, 1.82) is 0 Å². The molecule has 0 bridgehead atoms. The Morgan fingerprint density at radius 3 is 3.20 bits per heavy atom. The van der Waals surface area contributed by atoms with E-state index in [1.807, 2.05) is 0 Å². The molecule has 2 rings (SSSR count). The first-order chi connectivity index (χ1) is 7.31. The van der Waals surface area contributed by atoms with E-state index in [9.17, 15) is 0 Å². The van der Waals surface area contributed by atoms with Crippen molar-refractivity contribution < 1.29 is 0 Å². The molecule has 5 nitrogen and oxygen atoms in total. The molecule has 2 N–H and O–H groups in total. The predicted molar refractivity (Wildman–Crippen MR) is 58.6 cm³/mol. The van der Waals surface area contributed by atoms with Gasteiger partial charge < -0.3 is 5.32 Å². The third-order valence-electron chi connectivity index (χ3n) is 1.80. The van der Waals surface area contributed by atoms with Crippen LogP contribution in [0.5, 0.6) is 0 Å². The van der Waals surface area contributed by atoms with Gasteiger partial charge in [0.15, 0.2) is 5.65 Å². The molecule has 0 spiro atoms. The third kappa shape index (κ3) is 2.00. The Bertz CT molecular complexity index is 536. The topological polar surface area (TPSA) is 66.5 Å². The van der Waals surface area contributed by atoms with Gasteiger partial charge in [0, 0.05) is 0 Å². The number of anilines is 1. The smallest absolute Gasteiger partial charge is 0.226 e. The molecule has 0 radical (unpaired) electrons. The summed E-state index contributed by atoms with van der Waals surface area (Å²) >= 11 is 5.75. The molecule has 6 heteroatoms. The van der Waals surface area contributed by atoms with E-state index >= 15 is 0 Å². The SMILES string of the molecule is CC#CCNc1nc(Cl)nc2[nH]ncc12. The first-order valence-electron chi connectivity index (χ1n) is 4.31. The van der Waals surface area contributed by atoms with Crippen LogP contribution in [0.3, 0.4) is 0 Å². The largest absolute Gasteiger partial charge is 0.358 e. The Kier molecular flexibility index (Phi) is 2.70. The molecule has 0 unspecified atom stereocenters. The van der Waals surface area contributed by atoms with Crippen LogP contribution in [-0.2, 0) is 0 Å². The van der Waals surface area contributed by atoms with Gasteiger partial charge in [-0.2, -0.15) is 15.1 Å². The lowest BCUT2D eigenvalue weighted by Crippen LogP contribution is -2.02. The number of rotatable bonds is 2. The lowest BCUT2D eigenvalue weighted by atomic mass is 10.4. The third-order valence-corrected chi connectivity index (χ3v) is 1.97. The summed E-state index contributed by atoms with van der Waals surface area (Å²) in [4.78, 5) is 8.05. The fourth-order valence-electron chi connectivity index (χ4n) is 1.16. The van der Waals surface area contributed by atoms with Crippen LogP contribution in [-0.4, -0.2) is 26.7 Å². The second-order valence-corrected chi connectivity index (χ2v) is 3.09. The lowest BCUT2D eigenvalue weighted by molar-refractivity contribution is 1.09. The standard InChI is InChI=1S/C9H8ClN5/c1-2-3-4-11-7-6-5-12-15-8(6)14-9(10)13-7/h5H,4H2,1H3,(H2,11,12,13,14,15). The molecule has 2 heterocycles. The second-order valence-electron chi connectivity index (χ2n) is 2.75. The summed E-state index contributed by atoms with van der Waals surface area (Å²) in [5, 5.41) is 10.6. The van der Waals surface area contributed by atoms with E-state index in [-0.39, 0.29) is 5.28 Å². The van der Waals surface area contributed by atoms with Gasteiger partial charge >= 0.3 is 0 Å². The number of aromatic amines is 1. The highest BCUT2D eigenvalue weighted by molar-refractivity contribution is 6.28. The molecule has 0 atom stereocenters. The quantitative estimate of drug-likeness (QED) is 0.595. The number of hydrogen-bond donors (Lipinski definition) is 2. The Hall–Kier alpha value is -1.80. The van der Waals surface area contributed by atoms with Crippen molar-refractivity contribution >= 4 is 28.5 Å². The van der Waals surface area contributed by atoms with E-state index < -0.39 is 0 Å². The van der Waals surface area contributed by atoms with Gasteiger partial charge in [0.05, 0.1) is 18.1 Å². The average molecular weight is 222 g/mol.